The molecular formula is C16H13F3N2. The molecule has 0 spiro atoms. The fourth-order valence-electron chi connectivity index (χ4n) is 2.43. The van der Waals surface area contributed by atoms with Gasteiger partial charge in [-0.3, -0.25) is 0 Å². The predicted molar refractivity (Wildman–Crippen MR) is 75.1 cm³/mol. The molecule has 5 heteroatoms. The number of pyridine rings is 1. The maximum absolute atomic E-state index is 12.9. The summed E-state index contributed by atoms with van der Waals surface area (Å²) in [6.45, 7) is 1.91. The highest BCUT2D eigenvalue weighted by molar-refractivity contribution is 5.67. The number of alkyl halides is 3. The standard InChI is InChI=1S/C16H13F3N2/c1-11-5-4-6-12(9-11)15-13(10-16(17,18)19)21-8-3-2-7-14(21)20-15/h2-9H,10H2,1H3. The topological polar surface area (TPSA) is 17.3 Å². The largest absolute Gasteiger partial charge is 0.394 e. The van der Waals surface area contributed by atoms with Crippen LogP contribution in [-0.2, 0) is 6.42 Å². The van der Waals surface area contributed by atoms with Crippen LogP contribution in [0.4, 0.5) is 13.2 Å². The Balaban J connectivity index is 2.24. The average Bonchev–Trinajstić information content (AvgIpc) is 2.76. The minimum absolute atomic E-state index is 0.170. The van der Waals surface area contributed by atoms with Crippen molar-refractivity contribution in [2.75, 3.05) is 0 Å². The van der Waals surface area contributed by atoms with Crippen molar-refractivity contribution >= 4 is 5.65 Å². The number of nitrogens with zero attached hydrogens (tertiary/aromatic N) is 2. The van der Waals surface area contributed by atoms with Gasteiger partial charge < -0.3 is 4.40 Å². The predicted octanol–water partition coefficient (Wildman–Crippen LogP) is 4.41. The van der Waals surface area contributed by atoms with E-state index in [1.807, 2.05) is 25.1 Å². The van der Waals surface area contributed by atoms with Crippen molar-refractivity contribution in [3.8, 4) is 11.3 Å². The summed E-state index contributed by atoms with van der Waals surface area (Å²) in [5, 5.41) is 0. The molecule has 0 aliphatic rings. The van der Waals surface area contributed by atoms with Crippen LogP contribution in [0.2, 0.25) is 0 Å². The molecule has 0 aliphatic carbocycles. The number of rotatable bonds is 2. The summed E-state index contributed by atoms with van der Waals surface area (Å²) in [7, 11) is 0. The quantitative estimate of drug-likeness (QED) is 0.683. The highest BCUT2D eigenvalue weighted by atomic mass is 19.4. The van der Waals surface area contributed by atoms with Gasteiger partial charge in [-0.15, -0.1) is 0 Å². The molecule has 0 unspecified atom stereocenters. The molecule has 0 radical (unpaired) electrons. The normalized spacial score (nSPS) is 12.0. The van der Waals surface area contributed by atoms with Crippen LogP contribution in [0.5, 0.6) is 0 Å². The summed E-state index contributed by atoms with van der Waals surface area (Å²) in [4.78, 5) is 4.37. The van der Waals surface area contributed by atoms with Gasteiger partial charge in [0.05, 0.1) is 17.8 Å². The van der Waals surface area contributed by atoms with Crippen LogP contribution in [-0.4, -0.2) is 15.6 Å². The van der Waals surface area contributed by atoms with Crippen LogP contribution < -0.4 is 0 Å². The lowest BCUT2D eigenvalue weighted by atomic mass is 10.1. The summed E-state index contributed by atoms with van der Waals surface area (Å²) in [6, 6.07) is 12.5. The first kappa shape index (κ1) is 13.7. The number of hydrogen-bond acceptors (Lipinski definition) is 1. The zero-order valence-electron chi connectivity index (χ0n) is 11.4. The zero-order chi connectivity index (χ0) is 15.0. The van der Waals surface area contributed by atoms with Gasteiger partial charge in [0.15, 0.2) is 0 Å². The van der Waals surface area contributed by atoms with E-state index >= 15 is 0 Å². The lowest BCUT2D eigenvalue weighted by Gasteiger charge is -2.09. The molecule has 0 amide bonds. The van der Waals surface area contributed by atoms with Gasteiger partial charge in [0.25, 0.3) is 0 Å². The maximum Gasteiger partial charge on any atom is 0.394 e. The first-order valence-corrected chi connectivity index (χ1v) is 6.54. The first-order valence-electron chi connectivity index (χ1n) is 6.54. The summed E-state index contributed by atoms with van der Waals surface area (Å²) in [5.74, 6) is 0. The molecule has 0 atom stereocenters. The Morgan fingerprint density at radius 2 is 1.90 bits per heavy atom. The van der Waals surface area contributed by atoms with E-state index in [0.29, 0.717) is 16.9 Å². The second-order valence-corrected chi connectivity index (χ2v) is 5.00. The average molecular weight is 290 g/mol. The van der Waals surface area contributed by atoms with Crippen LogP contribution in [0, 0.1) is 6.92 Å². The summed E-state index contributed by atoms with van der Waals surface area (Å²) < 4.78 is 40.1. The Morgan fingerprint density at radius 1 is 1.10 bits per heavy atom. The van der Waals surface area contributed by atoms with E-state index in [2.05, 4.69) is 4.98 Å². The van der Waals surface area contributed by atoms with Crippen molar-refractivity contribution in [1.29, 1.82) is 0 Å². The molecular weight excluding hydrogens is 277 g/mol. The second-order valence-electron chi connectivity index (χ2n) is 5.00. The van der Waals surface area contributed by atoms with E-state index in [0.717, 1.165) is 5.56 Å². The van der Waals surface area contributed by atoms with E-state index < -0.39 is 12.6 Å². The summed E-state index contributed by atoms with van der Waals surface area (Å²) >= 11 is 0. The number of aryl methyl sites for hydroxylation is 1. The molecule has 21 heavy (non-hydrogen) atoms. The van der Waals surface area contributed by atoms with E-state index in [1.165, 1.54) is 4.40 Å². The second kappa shape index (κ2) is 4.91. The Bertz CT molecular complexity index is 788. The van der Waals surface area contributed by atoms with Gasteiger partial charge in [-0.05, 0) is 25.1 Å². The number of benzene rings is 1. The Kier molecular flexibility index (Phi) is 3.20. The third kappa shape index (κ3) is 2.77. The van der Waals surface area contributed by atoms with E-state index in [-0.39, 0.29) is 5.69 Å². The fourth-order valence-corrected chi connectivity index (χ4v) is 2.43. The zero-order valence-corrected chi connectivity index (χ0v) is 11.4. The smallest absolute Gasteiger partial charge is 0.303 e. The minimum atomic E-state index is -4.27. The van der Waals surface area contributed by atoms with E-state index in [4.69, 9.17) is 0 Å². The third-order valence-corrected chi connectivity index (χ3v) is 3.29. The lowest BCUT2D eigenvalue weighted by Crippen LogP contribution is -2.14. The Labute approximate surface area is 119 Å². The molecule has 1 aromatic carbocycles. The van der Waals surface area contributed by atoms with Crippen LogP contribution in [0.15, 0.2) is 48.7 Å². The van der Waals surface area contributed by atoms with Crippen molar-refractivity contribution in [3.63, 3.8) is 0 Å². The molecule has 0 saturated carbocycles. The van der Waals surface area contributed by atoms with Gasteiger partial charge in [-0.2, -0.15) is 13.2 Å². The van der Waals surface area contributed by atoms with Crippen molar-refractivity contribution < 1.29 is 13.2 Å². The molecule has 0 N–H and O–H groups in total. The van der Waals surface area contributed by atoms with E-state index in [9.17, 15) is 13.2 Å². The molecule has 3 rings (SSSR count). The van der Waals surface area contributed by atoms with Crippen LogP contribution in [0.1, 0.15) is 11.3 Å². The molecule has 0 aliphatic heterocycles. The molecule has 3 aromatic rings. The Morgan fingerprint density at radius 3 is 2.62 bits per heavy atom. The molecule has 0 bridgehead atoms. The van der Waals surface area contributed by atoms with E-state index in [1.54, 1.807) is 30.5 Å². The molecule has 2 heterocycles. The molecule has 2 nitrogen and oxygen atoms in total. The molecule has 108 valence electrons. The SMILES string of the molecule is Cc1cccc(-c2nc3ccccn3c2CC(F)(F)F)c1. The van der Waals surface area contributed by atoms with Gasteiger partial charge in [0, 0.05) is 11.8 Å². The molecule has 2 aromatic heterocycles. The van der Waals surface area contributed by atoms with Gasteiger partial charge in [-0.25, -0.2) is 4.98 Å². The molecule has 0 fully saturated rings. The van der Waals surface area contributed by atoms with Crippen LogP contribution in [0.25, 0.3) is 16.9 Å². The number of fused-ring (bicyclic) bond motifs is 1. The third-order valence-electron chi connectivity index (χ3n) is 3.29. The van der Waals surface area contributed by atoms with Gasteiger partial charge in [0.2, 0.25) is 0 Å². The maximum atomic E-state index is 12.9. The highest BCUT2D eigenvalue weighted by Crippen LogP contribution is 2.30. The molecule has 0 saturated heterocycles. The first-order chi connectivity index (χ1) is 9.94. The monoisotopic (exact) mass is 290 g/mol. The van der Waals surface area contributed by atoms with Crippen LogP contribution >= 0.6 is 0 Å². The fraction of sp³-hybridized carbons (Fsp3) is 0.188. The Hall–Kier alpha value is -2.30. The van der Waals surface area contributed by atoms with Crippen molar-refractivity contribution in [2.45, 2.75) is 19.5 Å². The number of hydrogen-bond donors (Lipinski definition) is 0. The van der Waals surface area contributed by atoms with Gasteiger partial charge in [-0.1, -0.05) is 29.8 Å². The highest BCUT2D eigenvalue weighted by Gasteiger charge is 2.31. The minimum Gasteiger partial charge on any atom is -0.303 e. The van der Waals surface area contributed by atoms with Gasteiger partial charge in [0.1, 0.15) is 5.65 Å². The number of halogens is 3. The van der Waals surface area contributed by atoms with Crippen LogP contribution in [0.3, 0.4) is 0 Å². The number of imidazole rings is 1. The van der Waals surface area contributed by atoms with Crippen molar-refractivity contribution in [3.05, 3.63) is 59.9 Å². The van der Waals surface area contributed by atoms with Crippen molar-refractivity contribution in [1.82, 2.24) is 9.38 Å². The summed E-state index contributed by atoms with van der Waals surface area (Å²) in [5.41, 5.74) is 2.78. The number of aromatic nitrogens is 2. The lowest BCUT2D eigenvalue weighted by molar-refractivity contribution is -0.127. The van der Waals surface area contributed by atoms with Gasteiger partial charge >= 0.3 is 6.18 Å². The summed E-state index contributed by atoms with van der Waals surface area (Å²) in [6.07, 6.45) is -3.66. The van der Waals surface area contributed by atoms with Crippen molar-refractivity contribution in [2.24, 2.45) is 0 Å².